The second-order valence-electron chi connectivity index (χ2n) is 18.2. The van der Waals surface area contributed by atoms with Crippen LogP contribution in [0, 0.1) is 34.6 Å². The van der Waals surface area contributed by atoms with Crippen molar-refractivity contribution >= 4 is 11.8 Å². The van der Waals surface area contributed by atoms with Gasteiger partial charge < -0.3 is 23.7 Å². The van der Waals surface area contributed by atoms with Gasteiger partial charge in [0.1, 0.15) is 23.0 Å². The van der Waals surface area contributed by atoms with Crippen LogP contribution in [0.1, 0.15) is 113 Å². The molecule has 7 aromatic carbocycles. The third-order valence-electron chi connectivity index (χ3n) is 13.5. The van der Waals surface area contributed by atoms with E-state index in [1.165, 1.54) is 46.1 Å². The van der Waals surface area contributed by atoms with Crippen molar-refractivity contribution in [2.45, 2.75) is 80.1 Å². The molecule has 7 nitrogen and oxygen atoms in total. The molecule has 0 heterocycles. The van der Waals surface area contributed by atoms with E-state index >= 15 is 0 Å². The molecule has 7 rings (SSSR count). The molecular formula is C61H64O7. The normalized spacial score (nSPS) is 11.5. The number of Topliss-reactive ketones (excluding diaryl/α,β-unsaturated/α-hetero) is 1. The minimum Gasteiger partial charge on any atom is -0.496 e. The van der Waals surface area contributed by atoms with E-state index in [9.17, 15) is 9.59 Å². The van der Waals surface area contributed by atoms with Gasteiger partial charge in [0, 0.05) is 24.8 Å². The Morgan fingerprint density at radius 1 is 0.441 bits per heavy atom. The van der Waals surface area contributed by atoms with Gasteiger partial charge in [-0.2, -0.15) is 0 Å². The van der Waals surface area contributed by atoms with Gasteiger partial charge in [-0.15, -0.1) is 0 Å². The van der Waals surface area contributed by atoms with Gasteiger partial charge in [-0.25, -0.2) is 4.79 Å². The first-order valence-electron chi connectivity index (χ1n) is 23.2. The molecule has 0 fully saturated rings. The second kappa shape index (κ2) is 21.2. The molecule has 0 saturated heterocycles. The predicted molar refractivity (Wildman–Crippen MR) is 275 cm³/mol. The molecule has 68 heavy (non-hydrogen) atoms. The van der Waals surface area contributed by atoms with E-state index in [1.807, 2.05) is 54.6 Å². The Bertz CT molecular complexity index is 2980. The summed E-state index contributed by atoms with van der Waals surface area (Å²) in [5, 5.41) is 0. The monoisotopic (exact) mass is 908 g/mol. The summed E-state index contributed by atoms with van der Waals surface area (Å²) in [5.74, 6) is 3.19. The highest BCUT2D eigenvalue weighted by Gasteiger charge is 2.21. The van der Waals surface area contributed by atoms with Gasteiger partial charge >= 0.3 is 5.97 Å². The predicted octanol–water partition coefficient (Wildman–Crippen LogP) is 13.7. The average Bonchev–Trinajstić information content (AvgIpc) is 3.33. The van der Waals surface area contributed by atoms with Crippen molar-refractivity contribution < 1.29 is 33.3 Å². The van der Waals surface area contributed by atoms with Gasteiger partial charge in [0.25, 0.3) is 0 Å². The van der Waals surface area contributed by atoms with E-state index in [-0.39, 0.29) is 17.7 Å². The zero-order chi connectivity index (χ0) is 48.8. The van der Waals surface area contributed by atoms with E-state index in [0.717, 1.165) is 91.5 Å². The molecule has 0 amide bonds. The number of aryl methyl sites for hydroxylation is 5. The van der Waals surface area contributed by atoms with Crippen molar-refractivity contribution in [3.8, 4) is 45.3 Å². The maximum Gasteiger partial charge on any atom is 0.337 e. The summed E-state index contributed by atoms with van der Waals surface area (Å²) in [6.45, 7) is 14.6. The Balaban J connectivity index is 1.16. The number of ketones is 1. The number of esters is 1. The largest absolute Gasteiger partial charge is 0.496 e. The van der Waals surface area contributed by atoms with Crippen molar-refractivity contribution in [3.63, 3.8) is 0 Å². The second-order valence-corrected chi connectivity index (χ2v) is 18.2. The molecule has 0 aromatic heterocycles. The summed E-state index contributed by atoms with van der Waals surface area (Å²) < 4.78 is 29.0. The summed E-state index contributed by atoms with van der Waals surface area (Å²) in [5.41, 5.74) is 20.6. The van der Waals surface area contributed by atoms with Crippen molar-refractivity contribution in [2.24, 2.45) is 0 Å². The maximum absolute atomic E-state index is 12.3. The summed E-state index contributed by atoms with van der Waals surface area (Å²) in [6, 6.07) is 39.6. The van der Waals surface area contributed by atoms with Gasteiger partial charge in [-0.05, 0) is 179 Å². The zero-order valence-electron chi connectivity index (χ0n) is 41.7. The molecule has 0 bridgehead atoms. The lowest BCUT2D eigenvalue weighted by Crippen LogP contribution is -2.06. The van der Waals surface area contributed by atoms with Crippen molar-refractivity contribution in [3.05, 3.63) is 199 Å². The molecule has 0 spiro atoms. The van der Waals surface area contributed by atoms with Crippen LogP contribution in [0.25, 0.3) is 22.3 Å². The van der Waals surface area contributed by atoms with E-state index in [1.54, 1.807) is 35.4 Å². The average molecular weight is 909 g/mol. The Morgan fingerprint density at radius 3 is 1.41 bits per heavy atom. The standard InChI is InChI=1S/C61H64O7/c1-36-13-22-57(64-8)51(23-36)29-47-33-58(65-9)52(24-37(47)2)30-48-34-59(66-10)53(25-38(48)3)31-49-35-60(67-11)55(27-39(49)4)40(5)26-50-32-54(44-16-14-43(15-17-44)42(7)62)41(6)28-56(50)45-18-20-46(21-19-45)61(63)68-12/h13-25,27-28,32-35,40H,26,29-31H2,1-12H3. The molecule has 0 N–H and O–H groups in total. The first kappa shape index (κ1) is 48.8. The highest BCUT2D eigenvalue weighted by molar-refractivity contribution is 5.94. The number of benzene rings is 7. The topological polar surface area (TPSA) is 80.3 Å². The minimum atomic E-state index is -0.368. The van der Waals surface area contributed by atoms with Crippen molar-refractivity contribution in [1.82, 2.24) is 0 Å². The highest BCUT2D eigenvalue weighted by atomic mass is 16.5. The Hall–Kier alpha value is -7.12. The zero-order valence-corrected chi connectivity index (χ0v) is 41.7. The van der Waals surface area contributed by atoms with Crippen molar-refractivity contribution in [1.29, 1.82) is 0 Å². The summed E-state index contributed by atoms with van der Waals surface area (Å²) in [7, 11) is 8.35. The lowest BCUT2D eigenvalue weighted by atomic mass is 9.84. The quantitative estimate of drug-likeness (QED) is 0.0665. The Morgan fingerprint density at radius 2 is 0.912 bits per heavy atom. The maximum atomic E-state index is 12.3. The summed E-state index contributed by atoms with van der Waals surface area (Å²) in [4.78, 5) is 24.4. The van der Waals surface area contributed by atoms with E-state index in [4.69, 9.17) is 23.7 Å². The van der Waals surface area contributed by atoms with Crippen LogP contribution in [0.5, 0.6) is 23.0 Å². The van der Waals surface area contributed by atoms with Crippen LogP contribution in [-0.2, 0) is 30.4 Å². The number of rotatable bonds is 17. The lowest BCUT2D eigenvalue weighted by molar-refractivity contribution is 0.0600. The highest BCUT2D eigenvalue weighted by Crippen LogP contribution is 2.40. The first-order chi connectivity index (χ1) is 32.6. The number of carbonyl (C=O) groups excluding carboxylic acids is 2. The van der Waals surface area contributed by atoms with Crippen LogP contribution in [-0.4, -0.2) is 47.3 Å². The minimum absolute atomic E-state index is 0.0392. The SMILES string of the molecule is COC(=O)c1ccc(-c2cc(C)c(-c3ccc(C(C)=O)cc3)cc2CC(C)c2cc(C)c(Cc3cc(C)c(Cc4cc(C)c(Cc5cc(C)ccc5OC)cc4OC)cc3OC)cc2OC)cc1. The number of ether oxygens (including phenoxy) is 5. The van der Waals surface area contributed by atoms with Crippen molar-refractivity contribution in [2.75, 3.05) is 35.5 Å². The van der Waals surface area contributed by atoms with E-state index < -0.39 is 0 Å². The number of methoxy groups -OCH3 is 5. The van der Waals surface area contributed by atoms with Crippen LogP contribution in [0.2, 0.25) is 0 Å². The van der Waals surface area contributed by atoms with Gasteiger partial charge in [0.15, 0.2) is 5.78 Å². The fourth-order valence-corrected chi connectivity index (χ4v) is 9.51. The summed E-state index contributed by atoms with van der Waals surface area (Å²) in [6.07, 6.45) is 2.86. The molecule has 0 aliphatic carbocycles. The van der Waals surface area contributed by atoms with Crippen LogP contribution in [0.4, 0.5) is 0 Å². The smallest absolute Gasteiger partial charge is 0.337 e. The van der Waals surface area contributed by atoms with Gasteiger partial charge in [-0.3, -0.25) is 4.79 Å². The van der Waals surface area contributed by atoms with Gasteiger partial charge in [-0.1, -0.05) is 91.3 Å². The Labute approximate surface area is 403 Å². The number of hydrogen-bond acceptors (Lipinski definition) is 7. The van der Waals surface area contributed by atoms with Crippen LogP contribution >= 0.6 is 0 Å². The number of hydrogen-bond donors (Lipinski definition) is 0. The molecule has 7 heteroatoms. The first-order valence-corrected chi connectivity index (χ1v) is 23.2. The molecule has 350 valence electrons. The Kier molecular flexibility index (Phi) is 15.2. The van der Waals surface area contributed by atoms with E-state index in [0.29, 0.717) is 24.0 Å². The van der Waals surface area contributed by atoms with Crippen LogP contribution in [0.3, 0.4) is 0 Å². The summed E-state index contributed by atoms with van der Waals surface area (Å²) >= 11 is 0. The molecule has 0 aliphatic rings. The molecule has 0 radical (unpaired) electrons. The molecule has 1 atom stereocenters. The van der Waals surface area contributed by atoms with Crippen LogP contribution < -0.4 is 18.9 Å². The fraction of sp³-hybridized carbons (Fsp3) is 0.279. The van der Waals surface area contributed by atoms with Gasteiger partial charge in [0.2, 0.25) is 0 Å². The third-order valence-corrected chi connectivity index (χ3v) is 13.5. The molecule has 1 unspecified atom stereocenters. The third kappa shape index (κ3) is 10.7. The lowest BCUT2D eigenvalue weighted by Gasteiger charge is -2.22. The number of carbonyl (C=O) groups is 2. The van der Waals surface area contributed by atoms with Gasteiger partial charge in [0.05, 0.1) is 41.1 Å². The molecule has 0 aliphatic heterocycles. The molecular weight excluding hydrogens is 845 g/mol. The van der Waals surface area contributed by atoms with E-state index in [2.05, 4.69) is 102 Å². The van der Waals surface area contributed by atoms with Crippen LogP contribution in [0.15, 0.2) is 115 Å². The molecule has 0 saturated carbocycles. The fourth-order valence-electron chi connectivity index (χ4n) is 9.51. The molecule has 7 aromatic rings.